The number of rotatable bonds is 1. The van der Waals surface area contributed by atoms with Gasteiger partial charge in [-0.05, 0) is 24.6 Å². The maximum absolute atomic E-state index is 6.06. The monoisotopic (exact) mass is 193 g/mol. The second kappa shape index (κ2) is 3.18. The fraction of sp³-hybridized carbons (Fsp3) is 0.111. The Balaban J connectivity index is 2.59. The fourth-order valence-electron chi connectivity index (χ4n) is 1.08. The van der Waals surface area contributed by atoms with Crippen molar-refractivity contribution in [3.63, 3.8) is 0 Å². The van der Waals surface area contributed by atoms with Crippen LogP contribution in [0.4, 0.5) is 0 Å². The number of aryl methyl sites for hydroxylation is 1. The summed E-state index contributed by atoms with van der Waals surface area (Å²) in [5.41, 5.74) is 1.00. The van der Waals surface area contributed by atoms with Crippen molar-refractivity contribution in [3.05, 3.63) is 41.3 Å². The van der Waals surface area contributed by atoms with E-state index in [4.69, 9.17) is 11.6 Å². The Kier molecular flexibility index (Phi) is 2.02. The molecule has 0 saturated carbocycles. The zero-order chi connectivity index (χ0) is 9.26. The van der Waals surface area contributed by atoms with E-state index in [9.17, 15) is 0 Å². The molecular formula is C9H8ClN3. The van der Waals surface area contributed by atoms with E-state index in [-0.39, 0.29) is 0 Å². The third kappa shape index (κ3) is 1.42. The maximum atomic E-state index is 6.06. The number of pyridine rings is 1. The van der Waals surface area contributed by atoms with Crippen LogP contribution in [-0.2, 0) is 0 Å². The number of nitrogens with zero attached hydrogens (tertiary/aromatic N) is 3. The third-order valence-corrected chi connectivity index (χ3v) is 2.25. The van der Waals surface area contributed by atoms with Gasteiger partial charge in [0.25, 0.3) is 0 Å². The minimum absolute atomic E-state index is 0.645. The molecule has 13 heavy (non-hydrogen) atoms. The molecule has 0 aliphatic heterocycles. The minimum atomic E-state index is 0.645. The lowest BCUT2D eigenvalue weighted by atomic mass is 10.3. The van der Waals surface area contributed by atoms with Crippen LogP contribution in [0.2, 0.25) is 5.02 Å². The molecule has 0 aliphatic rings. The van der Waals surface area contributed by atoms with Gasteiger partial charge < -0.3 is 0 Å². The van der Waals surface area contributed by atoms with Crippen LogP contribution < -0.4 is 0 Å². The normalized spacial score (nSPS) is 10.3. The molecule has 0 aromatic carbocycles. The van der Waals surface area contributed by atoms with E-state index in [0.29, 0.717) is 10.8 Å². The van der Waals surface area contributed by atoms with Crippen LogP contribution in [0.3, 0.4) is 0 Å². The molecule has 0 saturated heterocycles. The quantitative estimate of drug-likeness (QED) is 0.696. The van der Waals surface area contributed by atoms with E-state index in [0.717, 1.165) is 5.56 Å². The molecule has 4 heteroatoms. The Hall–Kier alpha value is -1.35. The zero-order valence-corrected chi connectivity index (χ0v) is 7.86. The van der Waals surface area contributed by atoms with E-state index in [1.165, 1.54) is 0 Å². The van der Waals surface area contributed by atoms with Gasteiger partial charge >= 0.3 is 0 Å². The Bertz CT molecular complexity index is 409. The van der Waals surface area contributed by atoms with Crippen LogP contribution in [-0.4, -0.2) is 14.8 Å². The molecular weight excluding hydrogens is 186 g/mol. The summed E-state index contributed by atoms with van der Waals surface area (Å²) in [6, 6.07) is 3.70. The summed E-state index contributed by atoms with van der Waals surface area (Å²) in [5.74, 6) is 0.673. The van der Waals surface area contributed by atoms with Crippen LogP contribution in [0, 0.1) is 6.92 Å². The van der Waals surface area contributed by atoms with Gasteiger partial charge in [-0.1, -0.05) is 11.6 Å². The number of halogens is 1. The van der Waals surface area contributed by atoms with Crippen molar-refractivity contribution in [1.29, 1.82) is 0 Å². The van der Waals surface area contributed by atoms with Crippen molar-refractivity contribution in [2.45, 2.75) is 6.92 Å². The summed E-state index contributed by atoms with van der Waals surface area (Å²) < 4.78 is 1.65. The predicted octanol–water partition coefficient (Wildman–Crippen LogP) is 2.23. The smallest absolute Gasteiger partial charge is 0.172 e. The predicted molar refractivity (Wildman–Crippen MR) is 51.1 cm³/mol. The average Bonchev–Trinajstić information content (AvgIpc) is 2.62. The Labute approximate surface area is 81.0 Å². The molecule has 2 aromatic rings. The van der Waals surface area contributed by atoms with Crippen molar-refractivity contribution in [2.24, 2.45) is 0 Å². The Morgan fingerprint density at radius 2 is 2.23 bits per heavy atom. The van der Waals surface area contributed by atoms with Gasteiger partial charge in [0.05, 0.1) is 5.02 Å². The number of hydrogen-bond acceptors (Lipinski definition) is 2. The van der Waals surface area contributed by atoms with Gasteiger partial charge in [0, 0.05) is 18.6 Å². The van der Waals surface area contributed by atoms with E-state index >= 15 is 0 Å². The highest BCUT2D eigenvalue weighted by Crippen LogP contribution is 2.20. The molecule has 0 aliphatic carbocycles. The molecule has 0 radical (unpaired) electrons. The molecule has 0 bridgehead atoms. The first-order valence-corrected chi connectivity index (χ1v) is 4.28. The van der Waals surface area contributed by atoms with E-state index in [1.807, 2.05) is 25.3 Å². The SMILES string of the molecule is Cc1ccnc(-n2cccn2)c1Cl. The average molecular weight is 194 g/mol. The largest absolute Gasteiger partial charge is 0.236 e. The summed E-state index contributed by atoms with van der Waals surface area (Å²) in [5, 5.41) is 4.70. The van der Waals surface area contributed by atoms with Crippen LogP contribution in [0.15, 0.2) is 30.7 Å². The highest BCUT2D eigenvalue weighted by Gasteiger charge is 2.05. The lowest BCUT2D eigenvalue weighted by molar-refractivity contribution is 0.845. The molecule has 66 valence electrons. The fourth-order valence-corrected chi connectivity index (χ4v) is 1.28. The van der Waals surface area contributed by atoms with Crippen LogP contribution >= 0.6 is 11.6 Å². The first-order valence-electron chi connectivity index (χ1n) is 3.90. The first kappa shape index (κ1) is 8.26. The first-order chi connectivity index (χ1) is 6.29. The second-order valence-electron chi connectivity index (χ2n) is 2.72. The van der Waals surface area contributed by atoms with E-state index < -0.39 is 0 Å². The van der Waals surface area contributed by atoms with Gasteiger partial charge in [0.1, 0.15) is 0 Å². The van der Waals surface area contributed by atoms with Gasteiger partial charge in [-0.15, -0.1) is 0 Å². The summed E-state index contributed by atoms with van der Waals surface area (Å²) in [6.07, 6.45) is 5.23. The van der Waals surface area contributed by atoms with Crippen molar-refractivity contribution in [3.8, 4) is 5.82 Å². The van der Waals surface area contributed by atoms with Gasteiger partial charge in [-0.2, -0.15) is 5.10 Å². The lowest BCUT2D eigenvalue weighted by Crippen LogP contribution is -1.99. The summed E-state index contributed by atoms with van der Waals surface area (Å²) in [6.45, 7) is 1.94. The van der Waals surface area contributed by atoms with Gasteiger partial charge in [0.2, 0.25) is 0 Å². The molecule has 3 nitrogen and oxygen atoms in total. The Morgan fingerprint density at radius 1 is 1.38 bits per heavy atom. The van der Waals surface area contributed by atoms with Crippen molar-refractivity contribution in [1.82, 2.24) is 14.8 Å². The molecule has 0 unspecified atom stereocenters. The second-order valence-corrected chi connectivity index (χ2v) is 3.09. The molecule has 0 atom stereocenters. The highest BCUT2D eigenvalue weighted by molar-refractivity contribution is 6.32. The lowest BCUT2D eigenvalue weighted by Gasteiger charge is -2.04. The number of aromatic nitrogens is 3. The molecule has 2 rings (SSSR count). The summed E-state index contributed by atoms with van der Waals surface area (Å²) >= 11 is 6.06. The molecule has 2 aromatic heterocycles. The minimum Gasteiger partial charge on any atom is -0.236 e. The summed E-state index contributed by atoms with van der Waals surface area (Å²) in [4.78, 5) is 4.15. The van der Waals surface area contributed by atoms with Gasteiger partial charge in [0.15, 0.2) is 5.82 Å². The summed E-state index contributed by atoms with van der Waals surface area (Å²) in [7, 11) is 0. The molecule has 0 amide bonds. The molecule has 0 N–H and O–H groups in total. The molecule has 2 heterocycles. The van der Waals surface area contributed by atoms with Gasteiger partial charge in [-0.3, -0.25) is 0 Å². The van der Waals surface area contributed by atoms with Crippen molar-refractivity contribution < 1.29 is 0 Å². The van der Waals surface area contributed by atoms with Crippen molar-refractivity contribution >= 4 is 11.6 Å². The van der Waals surface area contributed by atoms with Crippen LogP contribution in [0.5, 0.6) is 0 Å². The topological polar surface area (TPSA) is 30.7 Å². The van der Waals surface area contributed by atoms with Gasteiger partial charge in [-0.25, -0.2) is 9.67 Å². The zero-order valence-electron chi connectivity index (χ0n) is 7.11. The van der Waals surface area contributed by atoms with E-state index in [2.05, 4.69) is 10.1 Å². The van der Waals surface area contributed by atoms with Crippen molar-refractivity contribution in [2.75, 3.05) is 0 Å². The van der Waals surface area contributed by atoms with Crippen LogP contribution in [0.25, 0.3) is 5.82 Å². The Morgan fingerprint density at radius 3 is 2.92 bits per heavy atom. The third-order valence-electron chi connectivity index (χ3n) is 1.79. The van der Waals surface area contributed by atoms with Crippen LogP contribution in [0.1, 0.15) is 5.56 Å². The molecule has 0 spiro atoms. The maximum Gasteiger partial charge on any atom is 0.172 e. The molecule has 0 fully saturated rings. The highest BCUT2D eigenvalue weighted by atomic mass is 35.5. The number of hydrogen-bond donors (Lipinski definition) is 0. The standard InChI is InChI=1S/C9H8ClN3/c1-7-3-5-11-9(8(7)10)13-6-2-4-12-13/h2-6H,1H3. The van der Waals surface area contributed by atoms with E-state index in [1.54, 1.807) is 17.1 Å².